The molecule has 0 aliphatic rings. The van der Waals surface area contributed by atoms with Gasteiger partial charge in [0.05, 0.1) is 10.2 Å². The highest BCUT2D eigenvalue weighted by atomic mass is 35.5. The highest BCUT2D eigenvalue weighted by molar-refractivity contribution is 7.21. The Morgan fingerprint density at radius 2 is 1.94 bits per heavy atom. The Labute approximate surface area is 196 Å². The zero-order valence-electron chi connectivity index (χ0n) is 17.4. The predicted molar refractivity (Wildman–Crippen MR) is 127 cm³/mol. The van der Waals surface area contributed by atoms with Crippen LogP contribution in [0.5, 0.6) is 0 Å². The van der Waals surface area contributed by atoms with Crippen LogP contribution in [0, 0.1) is 0 Å². The Morgan fingerprint density at radius 3 is 2.76 bits per heavy atom. The lowest BCUT2D eigenvalue weighted by Crippen LogP contribution is -2.11. The summed E-state index contributed by atoms with van der Waals surface area (Å²) in [6.45, 7) is 1.80. The Kier molecular flexibility index (Phi) is 5.62. The molecule has 0 bridgehead atoms. The number of benzene rings is 2. The number of thiazole rings is 1. The molecule has 0 spiro atoms. The van der Waals surface area contributed by atoms with Crippen molar-refractivity contribution in [2.24, 2.45) is 0 Å². The van der Waals surface area contributed by atoms with Crippen LogP contribution in [-0.4, -0.2) is 20.9 Å². The topological polar surface area (TPSA) is 95.2 Å². The highest BCUT2D eigenvalue weighted by Crippen LogP contribution is 2.31. The van der Waals surface area contributed by atoms with Gasteiger partial charge in [-0.1, -0.05) is 30.7 Å². The number of hydrogen-bond donors (Lipinski definition) is 0. The Balaban J connectivity index is 1.46. The minimum absolute atomic E-state index is 0.0510. The number of ether oxygens (including phenoxy) is 1. The van der Waals surface area contributed by atoms with E-state index in [-0.39, 0.29) is 12.3 Å². The van der Waals surface area contributed by atoms with Crippen LogP contribution < -0.4 is 5.63 Å². The zero-order valence-corrected chi connectivity index (χ0v) is 18.9. The molecule has 0 saturated heterocycles. The van der Waals surface area contributed by atoms with Crippen molar-refractivity contribution in [1.82, 2.24) is 15.0 Å². The number of esters is 1. The second-order valence-electron chi connectivity index (χ2n) is 7.20. The number of hydrogen-bond acceptors (Lipinski definition) is 8. The van der Waals surface area contributed by atoms with Crippen LogP contribution in [0.4, 0.5) is 0 Å². The normalized spacial score (nSPS) is 11.2. The van der Waals surface area contributed by atoms with Gasteiger partial charge in [0.1, 0.15) is 22.9 Å². The van der Waals surface area contributed by atoms with Crippen LogP contribution in [0.2, 0.25) is 5.02 Å². The fourth-order valence-corrected chi connectivity index (χ4v) is 4.77. The third kappa shape index (κ3) is 4.10. The average Bonchev–Trinajstić information content (AvgIpc) is 3.26. The first kappa shape index (κ1) is 21.2. The Morgan fingerprint density at radius 1 is 1.12 bits per heavy atom. The molecule has 0 unspecified atom stereocenters. The van der Waals surface area contributed by atoms with E-state index in [1.165, 1.54) is 29.8 Å². The van der Waals surface area contributed by atoms with Crippen LogP contribution in [0.3, 0.4) is 0 Å². The van der Waals surface area contributed by atoms with Gasteiger partial charge in [0, 0.05) is 34.4 Å². The van der Waals surface area contributed by atoms with Gasteiger partial charge in [-0.25, -0.2) is 24.5 Å². The third-order valence-electron chi connectivity index (χ3n) is 5.12. The van der Waals surface area contributed by atoms with Gasteiger partial charge in [0.25, 0.3) is 0 Å². The van der Waals surface area contributed by atoms with Gasteiger partial charge in [-0.15, -0.1) is 11.3 Å². The van der Waals surface area contributed by atoms with Crippen molar-refractivity contribution < 1.29 is 13.9 Å². The summed E-state index contributed by atoms with van der Waals surface area (Å²) in [5, 5.41) is 1.73. The van der Waals surface area contributed by atoms with E-state index in [2.05, 4.69) is 15.0 Å². The van der Waals surface area contributed by atoms with Crippen molar-refractivity contribution in [2.45, 2.75) is 20.0 Å². The molecule has 5 rings (SSSR count). The second kappa shape index (κ2) is 8.73. The van der Waals surface area contributed by atoms with E-state index in [1.54, 1.807) is 12.1 Å². The summed E-state index contributed by atoms with van der Waals surface area (Å²) in [5.41, 5.74) is 2.42. The molecule has 0 fully saturated rings. The van der Waals surface area contributed by atoms with E-state index < -0.39 is 11.6 Å². The van der Waals surface area contributed by atoms with E-state index in [0.717, 1.165) is 15.8 Å². The first-order valence-corrected chi connectivity index (χ1v) is 11.3. The number of halogens is 1. The monoisotopic (exact) mass is 477 g/mol. The summed E-state index contributed by atoms with van der Waals surface area (Å²) >= 11 is 7.76. The molecule has 0 aliphatic heterocycles. The molecule has 7 nitrogen and oxygen atoms in total. The molecule has 0 N–H and O–H groups in total. The maximum Gasteiger partial charge on any atom is 0.359 e. The number of carbonyl (C=O) groups excluding carboxylic acids is 1. The first-order chi connectivity index (χ1) is 16.0. The highest BCUT2D eigenvalue weighted by Gasteiger charge is 2.21. The van der Waals surface area contributed by atoms with Crippen LogP contribution >= 0.6 is 22.9 Å². The minimum atomic E-state index is -0.671. The Hall–Kier alpha value is -3.62. The van der Waals surface area contributed by atoms with Gasteiger partial charge >= 0.3 is 11.6 Å². The molecular weight excluding hydrogens is 462 g/mol. The second-order valence-corrected chi connectivity index (χ2v) is 8.64. The molecule has 33 heavy (non-hydrogen) atoms. The maximum absolute atomic E-state index is 12.9. The number of fused-ring (bicyclic) bond motifs is 2. The van der Waals surface area contributed by atoms with Crippen LogP contribution in [0.15, 0.2) is 64.1 Å². The molecule has 164 valence electrons. The molecule has 0 radical (unpaired) electrons. The van der Waals surface area contributed by atoms with E-state index >= 15 is 0 Å². The summed E-state index contributed by atoms with van der Waals surface area (Å²) in [4.78, 5) is 38.1. The molecule has 0 aliphatic carbocycles. The lowest BCUT2D eigenvalue weighted by Gasteiger charge is -2.10. The predicted octanol–water partition coefficient (Wildman–Crippen LogP) is 5.43. The number of rotatable bonds is 5. The Bertz CT molecular complexity index is 1540. The summed E-state index contributed by atoms with van der Waals surface area (Å²) in [6, 6.07) is 12.4. The number of nitrogens with zero attached hydrogens (tertiary/aromatic N) is 3. The minimum Gasteiger partial charge on any atom is -0.456 e. The van der Waals surface area contributed by atoms with Crippen molar-refractivity contribution in [3.05, 3.63) is 87.1 Å². The summed E-state index contributed by atoms with van der Waals surface area (Å²) in [6.07, 6.45) is 3.62. The lowest BCUT2D eigenvalue weighted by molar-refractivity contribution is 0.0467. The van der Waals surface area contributed by atoms with Gasteiger partial charge in [0.15, 0.2) is 5.69 Å². The first-order valence-electron chi connectivity index (χ1n) is 10.1. The smallest absolute Gasteiger partial charge is 0.359 e. The van der Waals surface area contributed by atoms with Crippen molar-refractivity contribution in [1.29, 1.82) is 0 Å². The zero-order chi connectivity index (χ0) is 22.9. The number of aryl methyl sites for hydroxylation is 1. The molecule has 0 amide bonds. The van der Waals surface area contributed by atoms with E-state index in [9.17, 15) is 9.59 Å². The summed E-state index contributed by atoms with van der Waals surface area (Å²) < 4.78 is 11.8. The molecule has 3 aromatic heterocycles. The molecule has 3 heterocycles. The SMILES string of the molecule is CCc1cc2oc(=O)cc(COC(=O)c3nccnc3-c3nc4ccccc4s3)c2cc1Cl. The molecule has 9 heteroatoms. The largest absolute Gasteiger partial charge is 0.456 e. The average molecular weight is 478 g/mol. The van der Waals surface area contributed by atoms with E-state index in [0.29, 0.717) is 38.7 Å². The third-order valence-corrected chi connectivity index (χ3v) is 6.52. The molecule has 0 atom stereocenters. The molecular formula is C24H16ClN3O4S. The van der Waals surface area contributed by atoms with Crippen LogP contribution in [-0.2, 0) is 17.8 Å². The molecule has 2 aromatic carbocycles. The summed E-state index contributed by atoms with van der Waals surface area (Å²) in [5.74, 6) is -0.671. The van der Waals surface area contributed by atoms with E-state index in [1.807, 2.05) is 31.2 Å². The van der Waals surface area contributed by atoms with Crippen molar-refractivity contribution >= 4 is 50.1 Å². The van der Waals surface area contributed by atoms with Crippen molar-refractivity contribution in [3.63, 3.8) is 0 Å². The quantitative estimate of drug-likeness (QED) is 0.246. The number of aromatic nitrogens is 3. The summed E-state index contributed by atoms with van der Waals surface area (Å²) in [7, 11) is 0. The molecule has 5 aromatic rings. The van der Waals surface area contributed by atoms with Gasteiger partial charge < -0.3 is 9.15 Å². The van der Waals surface area contributed by atoms with Crippen LogP contribution in [0.1, 0.15) is 28.5 Å². The van der Waals surface area contributed by atoms with E-state index in [4.69, 9.17) is 20.8 Å². The maximum atomic E-state index is 12.9. The molecule has 0 saturated carbocycles. The fraction of sp³-hybridized carbons (Fsp3) is 0.125. The number of carbonyl (C=O) groups is 1. The number of para-hydroxylation sites is 1. The standard InChI is InChI=1S/C24H16ClN3O4S/c1-2-13-9-18-15(11-16(13)25)14(10-20(29)32-18)12-31-24(30)22-21(26-7-8-27-22)23-28-17-5-3-4-6-19(17)33-23/h3-11H,2,12H2,1H3. The van der Waals surface area contributed by atoms with Crippen molar-refractivity contribution in [2.75, 3.05) is 0 Å². The van der Waals surface area contributed by atoms with Crippen molar-refractivity contribution in [3.8, 4) is 10.7 Å². The van der Waals surface area contributed by atoms with Gasteiger partial charge in [-0.3, -0.25) is 0 Å². The van der Waals surface area contributed by atoms with Crippen LogP contribution in [0.25, 0.3) is 31.9 Å². The van der Waals surface area contributed by atoms with Gasteiger partial charge in [0.2, 0.25) is 0 Å². The fourth-order valence-electron chi connectivity index (χ4n) is 3.51. The van der Waals surface area contributed by atoms with Gasteiger partial charge in [-0.05, 0) is 36.2 Å². The van der Waals surface area contributed by atoms with Gasteiger partial charge in [-0.2, -0.15) is 0 Å². The lowest BCUT2D eigenvalue weighted by atomic mass is 10.1.